The number of carbonyl (C=O) groups excluding carboxylic acids is 3. The Labute approximate surface area is 168 Å². The van der Waals surface area contributed by atoms with Crippen LogP contribution in [-0.4, -0.2) is 34.7 Å². The van der Waals surface area contributed by atoms with E-state index in [1.165, 1.54) is 7.05 Å². The molecule has 0 aliphatic carbocycles. The van der Waals surface area contributed by atoms with Crippen LogP contribution in [-0.2, 0) is 11.2 Å². The second-order valence-corrected chi connectivity index (χ2v) is 6.89. The van der Waals surface area contributed by atoms with E-state index >= 15 is 0 Å². The molecule has 8 nitrogen and oxygen atoms in total. The van der Waals surface area contributed by atoms with Gasteiger partial charge in [-0.25, -0.2) is 0 Å². The lowest BCUT2D eigenvalue weighted by Gasteiger charge is -2.20. The topological polar surface area (TPSA) is 103 Å². The number of imide groups is 1. The van der Waals surface area contributed by atoms with E-state index in [4.69, 9.17) is 0 Å². The van der Waals surface area contributed by atoms with Gasteiger partial charge in [0.25, 0.3) is 11.8 Å². The molecule has 1 aromatic carbocycles. The Morgan fingerprint density at radius 2 is 1.90 bits per heavy atom. The fourth-order valence-corrected chi connectivity index (χ4v) is 3.39. The molecule has 29 heavy (non-hydrogen) atoms. The molecule has 0 saturated carbocycles. The van der Waals surface area contributed by atoms with Crippen molar-refractivity contribution in [2.24, 2.45) is 0 Å². The van der Waals surface area contributed by atoms with Crippen molar-refractivity contribution in [3.63, 3.8) is 0 Å². The molecule has 0 bridgehead atoms. The van der Waals surface area contributed by atoms with Crippen LogP contribution in [0.3, 0.4) is 0 Å². The summed E-state index contributed by atoms with van der Waals surface area (Å²) in [5.74, 6) is -0.537. The number of hydrogen-bond acceptors (Lipinski definition) is 6. The average molecular weight is 391 g/mol. The molecule has 0 spiro atoms. The van der Waals surface area contributed by atoms with Crippen LogP contribution in [0.4, 0.5) is 0 Å². The third kappa shape index (κ3) is 3.47. The number of aromatic nitrogens is 1. The average Bonchev–Trinajstić information content (AvgIpc) is 2.93. The normalized spacial score (nSPS) is 15.2. The van der Waals surface area contributed by atoms with Gasteiger partial charge in [-0.3, -0.25) is 35.1 Å². The van der Waals surface area contributed by atoms with Crippen molar-refractivity contribution in [3.05, 3.63) is 82.4 Å². The molecule has 3 heterocycles. The number of allylic oxidation sites excluding steroid dienone is 2. The van der Waals surface area contributed by atoms with Crippen LogP contribution in [0, 0.1) is 6.92 Å². The van der Waals surface area contributed by atoms with Crippen molar-refractivity contribution in [1.29, 1.82) is 0 Å². The van der Waals surface area contributed by atoms with Crippen LogP contribution in [0.2, 0.25) is 0 Å². The minimum Gasteiger partial charge on any atom is -0.311 e. The van der Waals surface area contributed by atoms with Gasteiger partial charge in [0.15, 0.2) is 0 Å². The molecular formula is C21H21N5O3. The predicted octanol–water partition coefficient (Wildman–Crippen LogP) is 1.51. The molecule has 2 aliphatic heterocycles. The van der Waals surface area contributed by atoms with Crippen molar-refractivity contribution in [2.45, 2.75) is 13.3 Å². The zero-order valence-electron chi connectivity index (χ0n) is 15.9. The quantitative estimate of drug-likeness (QED) is 0.683. The fraction of sp³-hybridized carbons (Fsp3) is 0.143. The molecule has 8 heteroatoms. The van der Waals surface area contributed by atoms with E-state index in [-0.39, 0.29) is 25.6 Å². The lowest BCUT2D eigenvalue weighted by atomic mass is 9.97. The number of amides is 3. The van der Waals surface area contributed by atoms with Crippen LogP contribution >= 0.6 is 0 Å². The van der Waals surface area contributed by atoms with Crippen LogP contribution in [0.25, 0.3) is 5.70 Å². The van der Waals surface area contributed by atoms with Gasteiger partial charge in [0, 0.05) is 26.4 Å². The summed E-state index contributed by atoms with van der Waals surface area (Å²) >= 11 is 0. The summed E-state index contributed by atoms with van der Waals surface area (Å²) in [6, 6.07) is 7.18. The van der Waals surface area contributed by atoms with Gasteiger partial charge in [-0.05, 0) is 48.4 Å². The van der Waals surface area contributed by atoms with E-state index in [1.807, 2.05) is 25.1 Å². The lowest BCUT2D eigenvalue weighted by Crippen LogP contribution is -2.40. The number of nitrogens with one attached hydrogen (secondary N) is 3. The predicted molar refractivity (Wildman–Crippen MR) is 108 cm³/mol. The van der Waals surface area contributed by atoms with Crippen LogP contribution in [0.5, 0.6) is 0 Å². The smallest absolute Gasteiger partial charge is 0.261 e. The molecule has 3 N–H and O–H groups in total. The van der Waals surface area contributed by atoms with Gasteiger partial charge in [-0.15, -0.1) is 0 Å². The number of rotatable bonds is 4. The Morgan fingerprint density at radius 3 is 2.59 bits per heavy atom. The van der Waals surface area contributed by atoms with E-state index in [1.54, 1.807) is 30.6 Å². The first-order valence-electron chi connectivity index (χ1n) is 9.04. The fourth-order valence-electron chi connectivity index (χ4n) is 3.39. The Morgan fingerprint density at radius 1 is 1.14 bits per heavy atom. The summed E-state index contributed by atoms with van der Waals surface area (Å²) in [6.45, 7) is 1.83. The number of hydrazine groups is 1. The van der Waals surface area contributed by atoms with Gasteiger partial charge in [0.1, 0.15) is 5.82 Å². The highest BCUT2D eigenvalue weighted by Crippen LogP contribution is 2.27. The maximum Gasteiger partial charge on any atom is 0.261 e. The van der Waals surface area contributed by atoms with Crippen molar-refractivity contribution < 1.29 is 15.8 Å². The zero-order valence-corrected chi connectivity index (χ0v) is 15.9. The third-order valence-electron chi connectivity index (χ3n) is 4.78. The molecule has 4 rings (SSSR count). The van der Waals surface area contributed by atoms with Crippen LogP contribution in [0.1, 0.15) is 38.8 Å². The summed E-state index contributed by atoms with van der Waals surface area (Å²) in [7, 11) is 1.44. The number of hydrogen-bond donors (Lipinski definition) is 3. The maximum atomic E-state index is 12.6. The number of nitrogens with zero attached hydrogens (tertiary/aromatic N) is 2. The number of pyridine rings is 1. The molecule has 1 aromatic heterocycles. The highest BCUT2D eigenvalue weighted by Gasteiger charge is 2.35. The largest absolute Gasteiger partial charge is 0.311 e. The number of fused-ring (bicyclic) bond motifs is 1. The number of benzene rings is 1. The molecule has 0 radical (unpaired) electrons. The first-order valence-corrected chi connectivity index (χ1v) is 9.04. The zero-order chi connectivity index (χ0) is 20.5. The summed E-state index contributed by atoms with van der Waals surface area (Å²) in [6.07, 6.45) is 6.96. The Kier molecular flexibility index (Phi) is 4.59. The maximum absolute atomic E-state index is 12.6. The van der Waals surface area contributed by atoms with Crippen molar-refractivity contribution in [2.75, 3.05) is 7.05 Å². The van der Waals surface area contributed by atoms with E-state index in [0.29, 0.717) is 22.5 Å². The summed E-state index contributed by atoms with van der Waals surface area (Å²) in [5, 5.41) is 2.77. The minimum absolute atomic E-state index is 0. The SMILES string of the molecule is Cc1cc(CC(=O)NC2=CC=C(c3ccncc3)NN2)c2c(c1)C(=O)N(C)C2=O.[HH]. The van der Waals surface area contributed by atoms with Crippen LogP contribution in [0.15, 0.2) is 54.6 Å². The van der Waals surface area contributed by atoms with Crippen molar-refractivity contribution in [3.8, 4) is 0 Å². The van der Waals surface area contributed by atoms with Gasteiger partial charge in [-0.1, -0.05) is 6.07 Å². The molecule has 0 atom stereocenters. The number of carbonyl (C=O) groups is 3. The van der Waals surface area contributed by atoms with Gasteiger partial charge < -0.3 is 5.32 Å². The van der Waals surface area contributed by atoms with Gasteiger partial charge in [0.2, 0.25) is 5.91 Å². The molecule has 2 aliphatic rings. The summed E-state index contributed by atoms with van der Waals surface area (Å²) in [4.78, 5) is 42.3. The van der Waals surface area contributed by atoms with E-state index in [2.05, 4.69) is 21.2 Å². The van der Waals surface area contributed by atoms with Crippen molar-refractivity contribution >= 4 is 23.4 Å². The van der Waals surface area contributed by atoms with E-state index in [9.17, 15) is 14.4 Å². The van der Waals surface area contributed by atoms with Gasteiger partial charge >= 0.3 is 0 Å². The molecule has 148 valence electrons. The molecule has 2 aromatic rings. The highest BCUT2D eigenvalue weighted by atomic mass is 16.2. The molecule has 0 unspecified atom stereocenters. The molecule has 3 amide bonds. The van der Waals surface area contributed by atoms with Gasteiger partial charge in [-0.2, -0.15) is 0 Å². The molecule has 0 fully saturated rings. The summed E-state index contributed by atoms with van der Waals surface area (Å²) in [5.41, 5.74) is 9.77. The highest BCUT2D eigenvalue weighted by molar-refractivity contribution is 6.22. The van der Waals surface area contributed by atoms with E-state index in [0.717, 1.165) is 21.7 Å². The first kappa shape index (κ1) is 18.4. The summed E-state index contributed by atoms with van der Waals surface area (Å²) < 4.78 is 0. The second kappa shape index (κ2) is 7.23. The van der Waals surface area contributed by atoms with Crippen molar-refractivity contribution in [1.82, 2.24) is 26.1 Å². The minimum atomic E-state index is -0.380. The monoisotopic (exact) mass is 391 g/mol. The standard InChI is InChI=1S/C21H19N5O3.H2/c1-12-9-14(19-15(10-12)20(28)26(2)21(19)29)11-18(27)23-17-4-3-16(24-25-17)13-5-7-22-8-6-13;/h3-10,24-25H,11H2,1-2H3,(H,23,27);1H. The molecular weight excluding hydrogens is 370 g/mol. The Bertz CT molecular complexity index is 1100. The Balaban J connectivity index is 0.00000256. The van der Waals surface area contributed by atoms with Gasteiger partial charge in [0.05, 0.1) is 23.2 Å². The van der Waals surface area contributed by atoms with E-state index < -0.39 is 0 Å². The second-order valence-electron chi connectivity index (χ2n) is 6.89. The first-order chi connectivity index (χ1) is 13.9. The van der Waals surface area contributed by atoms with Crippen LogP contribution < -0.4 is 16.2 Å². The molecule has 0 saturated heterocycles. The third-order valence-corrected chi connectivity index (χ3v) is 4.78. The lowest BCUT2D eigenvalue weighted by molar-refractivity contribution is -0.119. The Hall–Kier alpha value is -3.94. The number of aryl methyl sites for hydroxylation is 1.